The van der Waals surface area contributed by atoms with Gasteiger partial charge in [-0.15, -0.1) is 0 Å². The number of ketones is 2. The number of hydrogen-bond acceptors (Lipinski definition) is 6. The van der Waals surface area contributed by atoms with Gasteiger partial charge in [0.25, 0.3) is 0 Å². The molecule has 6 atom stereocenters. The third-order valence-electron chi connectivity index (χ3n) is 9.14. The Morgan fingerprint density at radius 1 is 1.03 bits per heavy atom. The minimum absolute atomic E-state index is 0.0586. The molecular formula is C29H47N3O6. The van der Waals surface area contributed by atoms with Gasteiger partial charge < -0.3 is 20.3 Å². The van der Waals surface area contributed by atoms with Crippen molar-refractivity contribution in [2.75, 3.05) is 6.54 Å². The van der Waals surface area contributed by atoms with Gasteiger partial charge in [0.15, 0.2) is 5.78 Å². The molecule has 1 unspecified atom stereocenters. The summed E-state index contributed by atoms with van der Waals surface area (Å²) in [7, 11) is 0. The average Bonchev–Trinajstić information content (AvgIpc) is 3.10. The fourth-order valence-electron chi connectivity index (χ4n) is 5.88. The summed E-state index contributed by atoms with van der Waals surface area (Å²) in [6.45, 7) is 17.1. The Bertz CT molecular complexity index is 964. The van der Waals surface area contributed by atoms with Gasteiger partial charge >= 0.3 is 6.09 Å². The zero-order chi connectivity index (χ0) is 28.7. The van der Waals surface area contributed by atoms with Crippen LogP contribution in [0.3, 0.4) is 0 Å². The van der Waals surface area contributed by atoms with Crippen LogP contribution in [0.1, 0.15) is 88.0 Å². The van der Waals surface area contributed by atoms with E-state index in [0.717, 1.165) is 19.3 Å². The van der Waals surface area contributed by atoms with Crippen molar-refractivity contribution in [3.05, 3.63) is 0 Å². The average molecular weight is 534 g/mol. The van der Waals surface area contributed by atoms with E-state index in [1.807, 2.05) is 34.6 Å². The molecule has 3 fully saturated rings. The first-order valence-corrected chi connectivity index (χ1v) is 14.1. The molecule has 0 aromatic carbocycles. The smallest absolute Gasteiger partial charge is 0.408 e. The Morgan fingerprint density at radius 2 is 1.63 bits per heavy atom. The van der Waals surface area contributed by atoms with Gasteiger partial charge in [0, 0.05) is 13.5 Å². The van der Waals surface area contributed by atoms with Crippen LogP contribution in [0.2, 0.25) is 0 Å². The van der Waals surface area contributed by atoms with Gasteiger partial charge in [0.05, 0.1) is 6.04 Å². The van der Waals surface area contributed by atoms with E-state index in [1.165, 1.54) is 6.92 Å². The third-order valence-corrected chi connectivity index (χ3v) is 9.14. The molecule has 1 aliphatic heterocycles. The lowest BCUT2D eigenvalue weighted by Gasteiger charge is -2.38. The van der Waals surface area contributed by atoms with Crippen molar-refractivity contribution in [2.45, 2.75) is 112 Å². The molecule has 3 amide bonds. The van der Waals surface area contributed by atoms with Gasteiger partial charge in [0.2, 0.25) is 17.6 Å². The van der Waals surface area contributed by atoms with Crippen LogP contribution in [-0.4, -0.2) is 65.1 Å². The quantitative estimate of drug-likeness (QED) is 0.415. The number of nitrogens with one attached hydrogen (secondary N) is 2. The van der Waals surface area contributed by atoms with Crippen LogP contribution in [-0.2, 0) is 23.9 Å². The zero-order valence-corrected chi connectivity index (χ0v) is 24.6. The van der Waals surface area contributed by atoms with E-state index in [2.05, 4.69) is 24.5 Å². The molecule has 2 N–H and O–H groups in total. The summed E-state index contributed by atoms with van der Waals surface area (Å²) < 4.78 is 5.47. The van der Waals surface area contributed by atoms with Gasteiger partial charge in [-0.25, -0.2) is 4.79 Å². The number of alkyl carbamates (subject to hydrolysis) is 1. The highest BCUT2D eigenvalue weighted by Crippen LogP contribution is 2.65. The van der Waals surface area contributed by atoms with Crippen LogP contribution >= 0.6 is 0 Å². The lowest BCUT2D eigenvalue weighted by atomic mass is 9.79. The highest BCUT2D eigenvalue weighted by molar-refractivity contribution is 6.38. The summed E-state index contributed by atoms with van der Waals surface area (Å²) in [5, 5.41) is 5.62. The van der Waals surface area contributed by atoms with Crippen LogP contribution in [0, 0.1) is 34.5 Å². The first kappa shape index (κ1) is 30.1. The molecule has 2 aliphatic carbocycles. The number of likely N-dealkylation sites (tertiary alicyclic amines) is 1. The minimum Gasteiger partial charge on any atom is -0.446 e. The number of Topliss-reactive ketones (excluding diaryl/α,β-unsaturated/α-hetero) is 2. The second kappa shape index (κ2) is 11.0. The monoisotopic (exact) mass is 533 g/mol. The summed E-state index contributed by atoms with van der Waals surface area (Å²) in [6.07, 6.45) is 2.49. The molecule has 0 aromatic heterocycles. The third kappa shape index (κ3) is 6.23. The fraction of sp³-hybridized carbons (Fsp3) is 0.828. The molecule has 9 nitrogen and oxygen atoms in total. The van der Waals surface area contributed by atoms with Crippen molar-refractivity contribution >= 4 is 29.5 Å². The van der Waals surface area contributed by atoms with Gasteiger partial charge in [0.1, 0.15) is 18.2 Å². The Balaban J connectivity index is 1.82. The van der Waals surface area contributed by atoms with E-state index in [-0.39, 0.29) is 35.2 Å². The molecule has 9 heteroatoms. The highest BCUT2D eigenvalue weighted by atomic mass is 16.6. The van der Waals surface area contributed by atoms with Crippen molar-refractivity contribution in [3.63, 3.8) is 0 Å². The number of fused-ring (bicyclic) bond motifs is 1. The van der Waals surface area contributed by atoms with E-state index in [1.54, 1.807) is 11.8 Å². The largest absolute Gasteiger partial charge is 0.446 e. The molecule has 0 spiro atoms. The molecule has 2 saturated carbocycles. The maximum atomic E-state index is 14.0. The highest BCUT2D eigenvalue weighted by Gasteiger charge is 2.70. The number of hydrogen-bond donors (Lipinski definition) is 2. The molecule has 3 rings (SSSR count). The van der Waals surface area contributed by atoms with E-state index in [9.17, 15) is 24.0 Å². The van der Waals surface area contributed by atoms with Crippen molar-refractivity contribution in [2.24, 2.45) is 34.5 Å². The Morgan fingerprint density at radius 3 is 2.11 bits per heavy atom. The topological polar surface area (TPSA) is 122 Å². The first-order valence-electron chi connectivity index (χ1n) is 14.1. The number of carbonyl (C=O) groups is 5. The van der Waals surface area contributed by atoms with Crippen molar-refractivity contribution in [3.8, 4) is 0 Å². The van der Waals surface area contributed by atoms with Crippen molar-refractivity contribution in [1.82, 2.24) is 15.5 Å². The lowest BCUT2D eigenvalue weighted by molar-refractivity contribution is -0.145. The summed E-state index contributed by atoms with van der Waals surface area (Å²) in [4.78, 5) is 66.6. The van der Waals surface area contributed by atoms with Gasteiger partial charge in [-0.1, -0.05) is 67.7 Å². The molecule has 0 radical (unpaired) electrons. The first-order chi connectivity index (χ1) is 17.5. The zero-order valence-electron chi connectivity index (χ0n) is 24.6. The number of rotatable bonds is 10. The van der Waals surface area contributed by atoms with Crippen LogP contribution < -0.4 is 10.6 Å². The van der Waals surface area contributed by atoms with Crippen LogP contribution in [0.5, 0.6) is 0 Å². The number of nitrogens with zero attached hydrogens (tertiary/aromatic N) is 1. The summed E-state index contributed by atoms with van der Waals surface area (Å²) in [6, 6.07) is -2.56. The van der Waals surface area contributed by atoms with E-state index >= 15 is 0 Å². The number of ether oxygens (including phenoxy) is 1. The molecule has 3 aliphatic rings. The maximum Gasteiger partial charge on any atom is 0.408 e. The fourth-order valence-corrected chi connectivity index (χ4v) is 5.88. The molecule has 214 valence electrons. The van der Waals surface area contributed by atoms with Crippen LogP contribution in [0.15, 0.2) is 0 Å². The Labute approximate surface area is 227 Å². The number of amides is 3. The molecule has 1 saturated heterocycles. The lowest BCUT2D eigenvalue weighted by Crippen LogP contribution is -2.60. The summed E-state index contributed by atoms with van der Waals surface area (Å²) in [5.41, 5.74) is -0.763. The molecule has 0 aromatic rings. The Kier molecular flexibility index (Phi) is 8.69. The van der Waals surface area contributed by atoms with Gasteiger partial charge in [-0.05, 0) is 47.8 Å². The normalized spacial score (nSPS) is 26.5. The van der Waals surface area contributed by atoms with Crippen LogP contribution in [0.25, 0.3) is 0 Å². The van der Waals surface area contributed by atoms with Crippen LogP contribution in [0.4, 0.5) is 4.79 Å². The summed E-state index contributed by atoms with van der Waals surface area (Å²) >= 11 is 0. The molecular weight excluding hydrogens is 486 g/mol. The maximum absolute atomic E-state index is 14.0. The standard InChI is InChI=1S/C29H47N3O6/c1-15(2)17(4)38-27(37)31-24(28(5,6)7)26(36)32-14-19-21(29(19,8)9)22(32)25(35)30-20(23(34)16(3)33)13-18-11-10-12-18/h15,17-22,24H,10-14H2,1-9H3,(H,30,35)(H,31,37)/t17-,19+,20?,21+,22+,24-/m1/s1. The number of carbonyl (C=O) groups excluding carboxylic acids is 5. The van der Waals surface area contributed by atoms with Gasteiger partial charge in [-0.2, -0.15) is 0 Å². The molecule has 0 bridgehead atoms. The van der Waals surface area contributed by atoms with Crippen molar-refractivity contribution < 1.29 is 28.7 Å². The molecule has 38 heavy (non-hydrogen) atoms. The second-order valence-electron chi connectivity index (χ2n) is 13.7. The minimum atomic E-state index is -0.908. The predicted octanol–water partition coefficient (Wildman–Crippen LogP) is 3.49. The SMILES string of the molecule is CC(=O)C(=O)C(CC1CCC1)NC(=O)[C@@H]1[C@@H]2[C@H](CN1C(=O)[C@@H](NC(=O)O[C@H](C)C(C)C)C(C)(C)C)C2(C)C. The van der Waals surface area contributed by atoms with E-state index < -0.39 is 47.1 Å². The van der Waals surface area contributed by atoms with Crippen molar-refractivity contribution in [1.29, 1.82) is 0 Å². The molecule has 1 heterocycles. The van der Waals surface area contributed by atoms with E-state index in [4.69, 9.17) is 4.74 Å². The predicted molar refractivity (Wildman–Crippen MR) is 143 cm³/mol. The Hall–Kier alpha value is -2.45. The second-order valence-corrected chi connectivity index (χ2v) is 13.7. The number of piperidine rings is 1. The summed E-state index contributed by atoms with van der Waals surface area (Å²) in [5.74, 6) is -1.41. The van der Waals surface area contributed by atoms with E-state index in [0.29, 0.717) is 18.9 Å². The van der Waals surface area contributed by atoms with Gasteiger partial charge in [-0.3, -0.25) is 19.2 Å².